The van der Waals surface area contributed by atoms with E-state index >= 15 is 0 Å². The SMILES string of the molecule is CCC(CO)(CO)CO.O=C(O)CCCCCCCCCCCCCCCCC(O)(O)O. The Morgan fingerprint density at radius 3 is 1.12 bits per heavy atom. The van der Waals surface area contributed by atoms with Crippen molar-refractivity contribution in [2.75, 3.05) is 19.8 Å². The Labute approximate surface area is 194 Å². The first kappa shape index (κ1) is 33.4. The van der Waals surface area contributed by atoms with Crippen LogP contribution >= 0.6 is 0 Å². The number of carbonyl (C=O) groups is 1. The van der Waals surface area contributed by atoms with Crippen molar-refractivity contribution < 1.29 is 40.5 Å². The van der Waals surface area contributed by atoms with Gasteiger partial charge in [-0.15, -0.1) is 0 Å². The molecule has 0 amide bonds. The van der Waals surface area contributed by atoms with Crippen LogP contribution in [-0.2, 0) is 4.79 Å². The third-order valence-electron chi connectivity index (χ3n) is 5.91. The number of carboxylic acids is 1. The van der Waals surface area contributed by atoms with Crippen LogP contribution in [0.2, 0.25) is 0 Å². The van der Waals surface area contributed by atoms with E-state index in [4.69, 9.17) is 35.7 Å². The van der Waals surface area contributed by atoms with E-state index in [1.807, 2.05) is 6.92 Å². The number of hydrogen-bond acceptors (Lipinski definition) is 7. The zero-order valence-electron chi connectivity index (χ0n) is 20.2. The number of aliphatic carboxylic acids is 1. The van der Waals surface area contributed by atoms with Crippen molar-refractivity contribution in [3.05, 3.63) is 0 Å². The first-order valence-corrected chi connectivity index (χ1v) is 12.4. The van der Waals surface area contributed by atoms with E-state index in [-0.39, 0.29) is 26.2 Å². The van der Waals surface area contributed by atoms with Gasteiger partial charge in [0.05, 0.1) is 19.8 Å². The lowest BCUT2D eigenvalue weighted by Crippen LogP contribution is -2.32. The maximum Gasteiger partial charge on any atom is 0.303 e. The molecule has 0 aromatic heterocycles. The van der Waals surface area contributed by atoms with Crippen LogP contribution in [0.15, 0.2) is 0 Å². The van der Waals surface area contributed by atoms with Crippen molar-refractivity contribution in [1.29, 1.82) is 0 Å². The highest BCUT2D eigenvalue weighted by atomic mass is 16.7. The summed E-state index contributed by atoms with van der Waals surface area (Å²) < 4.78 is 0. The summed E-state index contributed by atoms with van der Waals surface area (Å²) in [5.41, 5.74) is -0.667. The summed E-state index contributed by atoms with van der Waals surface area (Å²) >= 11 is 0. The van der Waals surface area contributed by atoms with Gasteiger partial charge >= 0.3 is 5.97 Å². The average Bonchev–Trinajstić information content (AvgIpc) is 2.75. The van der Waals surface area contributed by atoms with Gasteiger partial charge in [0.15, 0.2) is 0 Å². The van der Waals surface area contributed by atoms with Crippen LogP contribution in [0.3, 0.4) is 0 Å². The molecule has 0 aliphatic carbocycles. The lowest BCUT2D eigenvalue weighted by Gasteiger charge is -2.24. The maximum atomic E-state index is 10.3. The minimum Gasteiger partial charge on any atom is -0.481 e. The molecular weight excluding hydrogens is 416 g/mol. The molecule has 0 saturated carbocycles. The third-order valence-corrected chi connectivity index (χ3v) is 5.91. The second-order valence-corrected chi connectivity index (χ2v) is 8.95. The summed E-state index contributed by atoms with van der Waals surface area (Å²) in [6.45, 7) is 1.35. The van der Waals surface area contributed by atoms with E-state index < -0.39 is 17.4 Å². The molecule has 0 heterocycles. The Hall–Kier alpha value is -0.770. The van der Waals surface area contributed by atoms with Crippen LogP contribution in [0.5, 0.6) is 0 Å². The van der Waals surface area contributed by atoms with Gasteiger partial charge in [0.25, 0.3) is 5.97 Å². The molecule has 0 atom stereocenters. The fraction of sp³-hybridized carbons (Fsp3) is 0.958. The van der Waals surface area contributed by atoms with Crippen LogP contribution in [0.25, 0.3) is 0 Å². The average molecular weight is 467 g/mol. The van der Waals surface area contributed by atoms with Gasteiger partial charge < -0.3 is 35.7 Å². The molecular formula is C24H50O8. The highest BCUT2D eigenvalue weighted by molar-refractivity contribution is 5.66. The van der Waals surface area contributed by atoms with Crippen LogP contribution in [0.4, 0.5) is 0 Å². The highest BCUT2D eigenvalue weighted by Gasteiger charge is 2.24. The molecule has 8 nitrogen and oxygen atoms in total. The van der Waals surface area contributed by atoms with Gasteiger partial charge in [0.2, 0.25) is 0 Å². The Kier molecular flexibility index (Phi) is 23.0. The predicted octanol–water partition coefficient (Wildman–Crippen LogP) is 3.30. The van der Waals surface area contributed by atoms with Crippen LogP contribution in [0.1, 0.15) is 116 Å². The van der Waals surface area contributed by atoms with E-state index in [0.717, 1.165) is 32.1 Å². The van der Waals surface area contributed by atoms with E-state index in [1.165, 1.54) is 51.4 Å². The second kappa shape index (κ2) is 22.0. The van der Waals surface area contributed by atoms with Gasteiger partial charge in [-0.3, -0.25) is 4.79 Å². The fourth-order valence-electron chi connectivity index (χ4n) is 3.25. The van der Waals surface area contributed by atoms with Gasteiger partial charge in [-0.1, -0.05) is 84.0 Å². The molecule has 0 fully saturated rings. The molecule has 0 aliphatic rings. The van der Waals surface area contributed by atoms with Gasteiger partial charge in [-0.05, 0) is 19.3 Å². The van der Waals surface area contributed by atoms with E-state index in [0.29, 0.717) is 19.3 Å². The second-order valence-electron chi connectivity index (χ2n) is 8.95. The van der Waals surface area contributed by atoms with E-state index in [1.54, 1.807) is 0 Å². The number of unbranched alkanes of at least 4 members (excludes halogenated alkanes) is 13. The maximum absolute atomic E-state index is 10.3. The minimum absolute atomic E-state index is 0.0311. The topological polar surface area (TPSA) is 159 Å². The first-order valence-electron chi connectivity index (χ1n) is 12.4. The monoisotopic (exact) mass is 466 g/mol. The summed E-state index contributed by atoms with van der Waals surface area (Å²) in [4.78, 5) is 10.3. The Bertz CT molecular complexity index is 388. The van der Waals surface area contributed by atoms with E-state index in [9.17, 15) is 4.79 Å². The fourth-order valence-corrected chi connectivity index (χ4v) is 3.25. The van der Waals surface area contributed by atoms with Gasteiger partial charge in [0, 0.05) is 18.3 Å². The predicted molar refractivity (Wildman–Crippen MR) is 125 cm³/mol. The number of carboxylic acid groups (broad SMARTS) is 1. The molecule has 0 rings (SSSR count). The van der Waals surface area contributed by atoms with Gasteiger partial charge in [-0.25, -0.2) is 0 Å². The Morgan fingerprint density at radius 2 is 0.906 bits per heavy atom. The summed E-state index contributed by atoms with van der Waals surface area (Å²) in [6.07, 6.45) is 16.6. The molecule has 0 spiro atoms. The smallest absolute Gasteiger partial charge is 0.303 e. The lowest BCUT2D eigenvalue weighted by atomic mass is 9.88. The van der Waals surface area contributed by atoms with Crippen molar-refractivity contribution in [1.82, 2.24) is 0 Å². The largest absolute Gasteiger partial charge is 0.481 e. The molecule has 7 N–H and O–H groups in total. The van der Waals surface area contributed by atoms with Crippen molar-refractivity contribution in [2.45, 2.75) is 122 Å². The molecule has 0 aliphatic heterocycles. The molecule has 32 heavy (non-hydrogen) atoms. The molecule has 0 bridgehead atoms. The molecule has 0 unspecified atom stereocenters. The third kappa shape index (κ3) is 23.9. The van der Waals surface area contributed by atoms with Crippen LogP contribution < -0.4 is 0 Å². The number of aliphatic hydroxyl groups excluding tert-OH is 3. The first-order chi connectivity index (χ1) is 15.2. The molecule has 0 saturated heterocycles. The lowest BCUT2D eigenvalue weighted by molar-refractivity contribution is -0.315. The van der Waals surface area contributed by atoms with Gasteiger partial charge in [-0.2, -0.15) is 0 Å². The minimum atomic E-state index is -2.49. The highest BCUT2D eigenvalue weighted by Crippen LogP contribution is 2.18. The zero-order chi connectivity index (χ0) is 24.7. The van der Waals surface area contributed by atoms with Gasteiger partial charge in [0.1, 0.15) is 0 Å². The summed E-state index contributed by atoms with van der Waals surface area (Å²) in [5, 5.41) is 60.7. The summed E-state index contributed by atoms with van der Waals surface area (Å²) in [7, 11) is 0. The van der Waals surface area contributed by atoms with Crippen molar-refractivity contribution in [2.24, 2.45) is 5.41 Å². The number of hydrogen-bond donors (Lipinski definition) is 7. The Balaban J connectivity index is 0. The normalized spacial score (nSPS) is 11.8. The molecule has 0 aromatic rings. The van der Waals surface area contributed by atoms with Crippen LogP contribution in [-0.4, -0.2) is 67.5 Å². The summed E-state index contributed by atoms with van der Waals surface area (Å²) in [5.74, 6) is -3.18. The van der Waals surface area contributed by atoms with Crippen molar-refractivity contribution in [3.63, 3.8) is 0 Å². The zero-order valence-corrected chi connectivity index (χ0v) is 20.2. The molecule has 8 heteroatoms. The summed E-state index contributed by atoms with van der Waals surface area (Å²) in [6, 6.07) is 0. The molecule has 0 aromatic carbocycles. The van der Waals surface area contributed by atoms with Crippen LogP contribution in [0, 0.1) is 5.41 Å². The van der Waals surface area contributed by atoms with E-state index in [2.05, 4.69) is 0 Å². The van der Waals surface area contributed by atoms with Crippen molar-refractivity contribution >= 4 is 5.97 Å². The molecule has 0 radical (unpaired) electrons. The quantitative estimate of drug-likeness (QED) is 0.100. The van der Waals surface area contributed by atoms with Crippen molar-refractivity contribution in [3.8, 4) is 0 Å². The Morgan fingerprint density at radius 1 is 0.594 bits per heavy atom. The molecule has 194 valence electrons. The number of aliphatic hydroxyl groups is 6. The number of rotatable bonds is 21. The standard InChI is InChI=1S/C18H36O5.C6H14O3/c19-17(20)15-13-11-9-7-5-3-1-2-4-6-8-10-12-14-16-18(21,22)23;1-2-6(3-7,4-8)5-9/h21-23H,1-16H2,(H,19,20);7-9H,2-5H2,1H3.